The second-order valence-electron chi connectivity index (χ2n) is 7.84. The number of nitrogens with zero attached hydrogens (tertiary/aromatic N) is 6. The molecule has 1 atom stereocenters. The van der Waals surface area contributed by atoms with Gasteiger partial charge in [-0.25, -0.2) is 0 Å². The molecule has 1 aliphatic heterocycles. The van der Waals surface area contributed by atoms with Gasteiger partial charge < -0.3 is 4.52 Å². The molecule has 7 nitrogen and oxygen atoms in total. The third-order valence-electron chi connectivity index (χ3n) is 4.57. The van der Waals surface area contributed by atoms with E-state index in [1.54, 1.807) is 0 Å². The highest BCUT2D eigenvalue weighted by Crippen LogP contribution is 2.28. The first-order valence-corrected chi connectivity index (χ1v) is 8.50. The van der Waals surface area contributed by atoms with Crippen LogP contribution in [0.2, 0.25) is 0 Å². The molecule has 0 radical (unpaired) electrons. The number of hydrogen-bond acceptors (Lipinski definition) is 6. The van der Waals surface area contributed by atoms with Crippen molar-refractivity contribution < 1.29 is 4.52 Å². The second kappa shape index (κ2) is 6.29. The van der Waals surface area contributed by atoms with E-state index in [1.807, 2.05) is 18.7 Å². The Morgan fingerprint density at radius 3 is 2.62 bits per heavy atom. The minimum atomic E-state index is 0.0478. The molecule has 0 unspecified atom stereocenters. The second-order valence-corrected chi connectivity index (χ2v) is 7.84. The molecule has 0 saturated carbocycles. The van der Waals surface area contributed by atoms with Gasteiger partial charge in [-0.05, 0) is 14.0 Å². The molecule has 0 spiro atoms. The summed E-state index contributed by atoms with van der Waals surface area (Å²) in [6.45, 7) is 12.3. The van der Waals surface area contributed by atoms with E-state index < -0.39 is 0 Å². The highest BCUT2D eigenvalue weighted by atomic mass is 16.5. The van der Waals surface area contributed by atoms with Crippen molar-refractivity contribution in [2.24, 2.45) is 7.05 Å². The summed E-state index contributed by atoms with van der Waals surface area (Å²) in [6.07, 6.45) is 2.14. The quantitative estimate of drug-likeness (QED) is 0.855. The lowest BCUT2D eigenvalue weighted by Crippen LogP contribution is -2.46. The number of rotatable bonds is 3. The van der Waals surface area contributed by atoms with Gasteiger partial charge in [-0.1, -0.05) is 25.9 Å². The number of aromatic nitrogens is 4. The van der Waals surface area contributed by atoms with Gasteiger partial charge in [0.15, 0.2) is 5.82 Å². The topological polar surface area (TPSA) is 63.2 Å². The van der Waals surface area contributed by atoms with Gasteiger partial charge in [-0.3, -0.25) is 14.5 Å². The fourth-order valence-electron chi connectivity index (χ4n) is 3.31. The average Bonchev–Trinajstić information content (AvgIpc) is 3.06. The van der Waals surface area contributed by atoms with Gasteiger partial charge in [-0.2, -0.15) is 10.1 Å². The van der Waals surface area contributed by atoms with Crippen LogP contribution in [0.4, 0.5) is 0 Å². The van der Waals surface area contributed by atoms with Crippen LogP contribution in [0, 0.1) is 6.92 Å². The van der Waals surface area contributed by atoms with Gasteiger partial charge in [0.25, 0.3) is 0 Å². The fraction of sp³-hybridized carbons (Fsp3) is 0.706. The van der Waals surface area contributed by atoms with Gasteiger partial charge in [0.2, 0.25) is 5.89 Å². The highest BCUT2D eigenvalue weighted by molar-refractivity contribution is 5.24. The Bertz CT molecular complexity index is 698. The molecule has 2 aromatic heterocycles. The molecule has 1 saturated heterocycles. The predicted octanol–water partition coefficient (Wildman–Crippen LogP) is 1.90. The maximum absolute atomic E-state index is 5.41. The van der Waals surface area contributed by atoms with Crippen molar-refractivity contribution in [3.63, 3.8) is 0 Å². The van der Waals surface area contributed by atoms with E-state index >= 15 is 0 Å². The van der Waals surface area contributed by atoms with E-state index in [9.17, 15) is 0 Å². The van der Waals surface area contributed by atoms with Crippen molar-refractivity contribution in [3.05, 3.63) is 29.2 Å². The Morgan fingerprint density at radius 1 is 1.25 bits per heavy atom. The molecule has 1 aliphatic rings. The molecule has 24 heavy (non-hydrogen) atoms. The zero-order chi connectivity index (χ0) is 17.5. The van der Waals surface area contributed by atoms with Crippen LogP contribution < -0.4 is 0 Å². The van der Waals surface area contributed by atoms with E-state index in [4.69, 9.17) is 4.52 Å². The first kappa shape index (κ1) is 17.1. The van der Waals surface area contributed by atoms with Crippen molar-refractivity contribution >= 4 is 0 Å². The van der Waals surface area contributed by atoms with Crippen molar-refractivity contribution in [1.82, 2.24) is 29.7 Å². The van der Waals surface area contributed by atoms with E-state index in [1.165, 1.54) is 11.3 Å². The summed E-state index contributed by atoms with van der Waals surface area (Å²) >= 11 is 0. The van der Waals surface area contributed by atoms with Crippen LogP contribution in [0.25, 0.3) is 0 Å². The fourth-order valence-corrected chi connectivity index (χ4v) is 3.31. The SMILES string of the molecule is Cc1noc([C@@H]2CN(Cc3cn(C)nc3C(C)(C)C)CCN2C)n1. The molecule has 3 heterocycles. The summed E-state index contributed by atoms with van der Waals surface area (Å²) in [5, 5.41) is 8.62. The summed E-state index contributed by atoms with van der Waals surface area (Å²) in [6, 6.07) is 0.148. The van der Waals surface area contributed by atoms with Crippen LogP contribution >= 0.6 is 0 Å². The maximum atomic E-state index is 5.41. The summed E-state index contributed by atoms with van der Waals surface area (Å²) < 4.78 is 7.33. The average molecular weight is 332 g/mol. The maximum Gasteiger partial charge on any atom is 0.245 e. The van der Waals surface area contributed by atoms with Crippen LogP contribution in [-0.2, 0) is 19.0 Å². The van der Waals surface area contributed by atoms with Crippen molar-refractivity contribution in [3.8, 4) is 0 Å². The Balaban J connectivity index is 1.77. The molecule has 0 aliphatic carbocycles. The molecule has 2 aromatic rings. The van der Waals surface area contributed by atoms with Gasteiger partial charge in [-0.15, -0.1) is 0 Å². The first-order chi connectivity index (χ1) is 11.2. The molecule has 132 valence electrons. The van der Waals surface area contributed by atoms with Crippen molar-refractivity contribution in [1.29, 1.82) is 0 Å². The Hall–Kier alpha value is -1.73. The molecular formula is C17H28N6O. The summed E-state index contributed by atoms with van der Waals surface area (Å²) in [5.41, 5.74) is 2.52. The van der Waals surface area contributed by atoms with Crippen LogP contribution in [0.3, 0.4) is 0 Å². The molecular weight excluding hydrogens is 304 g/mol. The molecule has 0 aromatic carbocycles. The Morgan fingerprint density at radius 2 is 2.00 bits per heavy atom. The molecule has 0 amide bonds. The Kier molecular flexibility index (Phi) is 4.48. The molecule has 0 N–H and O–H groups in total. The molecule has 7 heteroatoms. The summed E-state index contributed by atoms with van der Waals surface area (Å²) in [4.78, 5) is 9.17. The highest BCUT2D eigenvalue weighted by Gasteiger charge is 2.31. The smallest absolute Gasteiger partial charge is 0.245 e. The molecule has 1 fully saturated rings. The molecule has 3 rings (SSSR count). The normalized spacial score (nSPS) is 20.7. The largest absolute Gasteiger partial charge is 0.338 e. The zero-order valence-corrected chi connectivity index (χ0v) is 15.6. The summed E-state index contributed by atoms with van der Waals surface area (Å²) in [5.74, 6) is 1.40. The van der Waals surface area contributed by atoms with E-state index in [0.29, 0.717) is 11.7 Å². The van der Waals surface area contributed by atoms with E-state index in [-0.39, 0.29) is 11.5 Å². The van der Waals surface area contributed by atoms with E-state index in [2.05, 4.69) is 59.1 Å². The van der Waals surface area contributed by atoms with Crippen LogP contribution in [0.5, 0.6) is 0 Å². The first-order valence-electron chi connectivity index (χ1n) is 8.50. The monoisotopic (exact) mass is 332 g/mol. The standard InChI is InChI=1S/C17H28N6O/c1-12-18-16(24-20-12)14-11-23(8-7-21(14)5)10-13-9-22(6)19-15(13)17(2,3)4/h9,14H,7-8,10-11H2,1-6H3/t14-/m0/s1. The number of aryl methyl sites for hydroxylation is 2. The minimum absolute atomic E-state index is 0.0478. The van der Waals surface area contributed by atoms with E-state index in [0.717, 1.165) is 26.2 Å². The molecule has 0 bridgehead atoms. The summed E-state index contributed by atoms with van der Waals surface area (Å²) in [7, 11) is 4.11. The van der Waals surface area contributed by atoms with Crippen molar-refractivity contribution in [2.75, 3.05) is 26.7 Å². The van der Waals surface area contributed by atoms with Crippen molar-refractivity contribution in [2.45, 2.75) is 45.7 Å². The number of piperazine rings is 1. The van der Waals surface area contributed by atoms with Gasteiger partial charge in [0.05, 0.1) is 5.69 Å². The number of likely N-dealkylation sites (N-methyl/N-ethyl adjacent to an activating group) is 1. The lowest BCUT2D eigenvalue weighted by Gasteiger charge is -2.37. The third kappa shape index (κ3) is 3.52. The van der Waals surface area contributed by atoms with Crippen LogP contribution in [-0.4, -0.2) is 56.4 Å². The number of hydrogen-bond donors (Lipinski definition) is 0. The zero-order valence-electron chi connectivity index (χ0n) is 15.6. The lowest BCUT2D eigenvalue weighted by molar-refractivity contribution is 0.0711. The van der Waals surface area contributed by atoms with Crippen LogP contribution in [0.15, 0.2) is 10.7 Å². The third-order valence-corrected chi connectivity index (χ3v) is 4.57. The van der Waals surface area contributed by atoms with Gasteiger partial charge in [0, 0.05) is 50.4 Å². The van der Waals surface area contributed by atoms with Crippen LogP contribution in [0.1, 0.15) is 49.8 Å². The predicted molar refractivity (Wildman–Crippen MR) is 91.6 cm³/mol. The Labute approximate surface area is 143 Å². The minimum Gasteiger partial charge on any atom is -0.338 e. The lowest BCUT2D eigenvalue weighted by atomic mass is 9.89. The van der Waals surface area contributed by atoms with Gasteiger partial charge in [0.1, 0.15) is 6.04 Å². The van der Waals surface area contributed by atoms with Gasteiger partial charge >= 0.3 is 0 Å².